The number of carbonyl (C=O) groups excluding carboxylic acids is 1. The van der Waals surface area contributed by atoms with E-state index in [1.807, 2.05) is 0 Å². The van der Waals surface area contributed by atoms with Gasteiger partial charge >= 0.3 is 12.1 Å². The van der Waals surface area contributed by atoms with Crippen molar-refractivity contribution in [3.8, 4) is 0 Å². The van der Waals surface area contributed by atoms with E-state index in [4.69, 9.17) is 4.74 Å². The van der Waals surface area contributed by atoms with Crippen molar-refractivity contribution in [2.24, 2.45) is 0 Å². The highest BCUT2D eigenvalue weighted by Gasteiger charge is 2.39. The summed E-state index contributed by atoms with van der Waals surface area (Å²) in [5, 5.41) is 0. The van der Waals surface area contributed by atoms with Gasteiger partial charge in [0.25, 0.3) is 0 Å². The monoisotopic (exact) mass is 228 g/mol. The lowest BCUT2D eigenvalue weighted by Gasteiger charge is -2.13. The fraction of sp³-hybridized carbons (Fsp3) is 0.571. The number of thioether (sulfide) groups is 1. The van der Waals surface area contributed by atoms with Gasteiger partial charge in [0.1, 0.15) is 5.57 Å². The van der Waals surface area contributed by atoms with Crippen LogP contribution in [0.15, 0.2) is 12.2 Å². The number of carbonyl (C=O) groups is 1. The molecule has 0 bridgehead atoms. The Morgan fingerprint density at radius 1 is 1.57 bits per heavy atom. The average Bonchev–Trinajstić information content (AvgIpc) is 2.53. The Hall–Kier alpha value is -0.690. The minimum atomic E-state index is -4.75. The summed E-state index contributed by atoms with van der Waals surface area (Å²) in [5.74, 6) is -0.821. The molecule has 1 heterocycles. The van der Waals surface area contributed by atoms with Crippen molar-refractivity contribution in [1.82, 2.24) is 0 Å². The van der Waals surface area contributed by atoms with E-state index in [1.165, 1.54) is 11.8 Å². The molecule has 0 aromatic rings. The van der Waals surface area contributed by atoms with Gasteiger partial charge in [-0.25, -0.2) is 4.79 Å². The van der Waals surface area contributed by atoms with Gasteiger partial charge in [0.15, 0.2) is 0 Å². The molecule has 0 amide bonds. The molecule has 0 radical (unpaired) electrons. The van der Waals surface area contributed by atoms with Crippen molar-refractivity contribution in [1.29, 1.82) is 0 Å². The zero-order chi connectivity index (χ0) is 10.8. The van der Waals surface area contributed by atoms with E-state index >= 15 is 0 Å². The molecule has 1 aliphatic heterocycles. The molecule has 80 valence electrons. The molecule has 0 aliphatic carbocycles. The van der Waals surface area contributed by atoms with E-state index in [9.17, 15) is 18.0 Å². The van der Waals surface area contributed by atoms with Gasteiger partial charge in [0, 0.05) is 0 Å². The first-order valence-electron chi connectivity index (χ1n) is 3.57. The number of halogens is 3. The normalized spacial score (nSPS) is 22.1. The Morgan fingerprint density at radius 3 is 2.64 bits per heavy atom. The molecule has 0 saturated carbocycles. The van der Waals surface area contributed by atoms with Crippen molar-refractivity contribution in [2.75, 3.05) is 11.7 Å². The van der Waals surface area contributed by atoms with Gasteiger partial charge in [-0.1, -0.05) is 6.58 Å². The SMILES string of the molecule is C=C(C(=O)OC1CSCO1)C(F)(F)F. The van der Waals surface area contributed by atoms with Crippen molar-refractivity contribution in [2.45, 2.75) is 12.5 Å². The Bertz CT molecular complexity index is 245. The fourth-order valence-electron chi connectivity index (χ4n) is 0.691. The third kappa shape index (κ3) is 2.91. The summed E-state index contributed by atoms with van der Waals surface area (Å²) < 4.78 is 45.0. The van der Waals surface area contributed by atoms with E-state index in [0.29, 0.717) is 11.7 Å². The Labute approximate surface area is 82.2 Å². The topological polar surface area (TPSA) is 35.5 Å². The molecule has 14 heavy (non-hydrogen) atoms. The number of hydrogen-bond donors (Lipinski definition) is 0. The van der Waals surface area contributed by atoms with Crippen LogP contribution in [-0.2, 0) is 14.3 Å². The Balaban J connectivity index is 2.45. The lowest BCUT2D eigenvalue weighted by atomic mass is 10.3. The second-order valence-corrected chi connectivity index (χ2v) is 3.44. The first-order valence-corrected chi connectivity index (χ1v) is 4.73. The number of rotatable bonds is 2. The molecule has 1 fully saturated rings. The second kappa shape index (κ2) is 4.22. The highest BCUT2D eigenvalue weighted by Crippen LogP contribution is 2.26. The Morgan fingerprint density at radius 2 is 2.21 bits per heavy atom. The van der Waals surface area contributed by atoms with Crippen LogP contribution in [0.25, 0.3) is 0 Å². The molecule has 1 unspecified atom stereocenters. The van der Waals surface area contributed by atoms with Gasteiger partial charge in [-0.2, -0.15) is 13.2 Å². The van der Waals surface area contributed by atoms with E-state index in [1.54, 1.807) is 0 Å². The predicted molar refractivity (Wildman–Crippen MR) is 43.5 cm³/mol. The van der Waals surface area contributed by atoms with Crippen LogP contribution in [0.5, 0.6) is 0 Å². The first-order chi connectivity index (χ1) is 6.41. The van der Waals surface area contributed by atoms with Crippen molar-refractivity contribution in [3.05, 3.63) is 12.2 Å². The number of ether oxygens (including phenoxy) is 2. The van der Waals surface area contributed by atoms with Crippen molar-refractivity contribution < 1.29 is 27.4 Å². The van der Waals surface area contributed by atoms with Crippen LogP contribution in [-0.4, -0.2) is 30.1 Å². The molecule has 1 atom stereocenters. The Kier molecular flexibility index (Phi) is 3.43. The van der Waals surface area contributed by atoms with Crippen molar-refractivity contribution in [3.63, 3.8) is 0 Å². The van der Waals surface area contributed by atoms with Gasteiger partial charge in [0.05, 0.1) is 11.7 Å². The van der Waals surface area contributed by atoms with Crippen LogP contribution in [0.4, 0.5) is 13.2 Å². The van der Waals surface area contributed by atoms with Gasteiger partial charge < -0.3 is 9.47 Å². The quantitative estimate of drug-likeness (QED) is 0.532. The van der Waals surface area contributed by atoms with Crippen LogP contribution in [0.1, 0.15) is 0 Å². The molecule has 3 nitrogen and oxygen atoms in total. The molecule has 7 heteroatoms. The molecule has 1 rings (SSSR count). The second-order valence-electron chi connectivity index (χ2n) is 2.47. The zero-order valence-electron chi connectivity index (χ0n) is 6.97. The molecule has 0 spiro atoms. The molecule has 0 N–H and O–H groups in total. The summed E-state index contributed by atoms with van der Waals surface area (Å²) in [4.78, 5) is 10.8. The molecule has 0 aromatic heterocycles. The molecular weight excluding hydrogens is 221 g/mol. The number of alkyl halides is 3. The molecule has 0 aromatic carbocycles. The largest absolute Gasteiger partial charge is 0.431 e. The summed E-state index contributed by atoms with van der Waals surface area (Å²) in [6.07, 6.45) is -5.64. The smallest absolute Gasteiger partial charge is 0.422 e. The maximum Gasteiger partial charge on any atom is 0.422 e. The van der Waals surface area contributed by atoms with Gasteiger partial charge in [-0.05, 0) is 0 Å². The fourth-order valence-corrected chi connectivity index (χ4v) is 1.39. The first kappa shape index (κ1) is 11.4. The van der Waals surface area contributed by atoms with Crippen LogP contribution >= 0.6 is 11.8 Å². The van der Waals surface area contributed by atoms with E-state index in [2.05, 4.69) is 11.3 Å². The minimum absolute atomic E-state index is 0.316. The summed E-state index contributed by atoms with van der Waals surface area (Å²) in [6.45, 7) is 2.61. The highest BCUT2D eigenvalue weighted by molar-refractivity contribution is 7.99. The summed E-state index contributed by atoms with van der Waals surface area (Å²) in [6, 6.07) is 0. The van der Waals surface area contributed by atoms with Crippen LogP contribution in [0.2, 0.25) is 0 Å². The lowest BCUT2D eigenvalue weighted by Crippen LogP contribution is -2.26. The van der Waals surface area contributed by atoms with Crippen LogP contribution in [0, 0.1) is 0 Å². The minimum Gasteiger partial charge on any atom is -0.431 e. The predicted octanol–water partition coefficient (Wildman–Crippen LogP) is 1.70. The van der Waals surface area contributed by atoms with Crippen molar-refractivity contribution >= 4 is 17.7 Å². The van der Waals surface area contributed by atoms with Gasteiger partial charge in [-0.15, -0.1) is 11.8 Å². The summed E-state index contributed by atoms with van der Waals surface area (Å²) >= 11 is 1.33. The number of hydrogen-bond acceptors (Lipinski definition) is 4. The van der Waals surface area contributed by atoms with Gasteiger partial charge in [-0.3, -0.25) is 0 Å². The van der Waals surface area contributed by atoms with Crippen LogP contribution < -0.4 is 0 Å². The number of esters is 1. The van der Waals surface area contributed by atoms with E-state index in [-0.39, 0.29) is 0 Å². The molecule has 1 saturated heterocycles. The maximum absolute atomic E-state index is 11.9. The molecule has 1 aliphatic rings. The lowest BCUT2D eigenvalue weighted by molar-refractivity contribution is -0.172. The standard InChI is InChI=1S/C7H7F3O3S/c1-4(7(8,9)10)6(11)13-5-2-14-3-12-5/h5H,1-3H2. The van der Waals surface area contributed by atoms with E-state index < -0.39 is 24.0 Å². The third-order valence-electron chi connectivity index (χ3n) is 1.42. The zero-order valence-corrected chi connectivity index (χ0v) is 7.78. The van der Waals surface area contributed by atoms with E-state index in [0.717, 1.165) is 0 Å². The summed E-state index contributed by atoms with van der Waals surface area (Å²) in [5.41, 5.74) is -1.52. The van der Waals surface area contributed by atoms with Crippen LogP contribution in [0.3, 0.4) is 0 Å². The highest BCUT2D eigenvalue weighted by atomic mass is 32.2. The third-order valence-corrected chi connectivity index (χ3v) is 2.23. The van der Waals surface area contributed by atoms with Gasteiger partial charge in [0.2, 0.25) is 6.29 Å². The summed E-state index contributed by atoms with van der Waals surface area (Å²) in [7, 11) is 0. The maximum atomic E-state index is 11.9. The average molecular weight is 228 g/mol. The molecular formula is C7H7F3O3S.